The van der Waals surface area contributed by atoms with Crippen LogP contribution < -0.4 is 0 Å². The van der Waals surface area contributed by atoms with Gasteiger partial charge in [-0.3, -0.25) is 0 Å². The summed E-state index contributed by atoms with van der Waals surface area (Å²) in [5, 5.41) is 11.6. The third kappa shape index (κ3) is 1.66. The van der Waals surface area contributed by atoms with Gasteiger partial charge in [-0.15, -0.1) is 11.3 Å². The molecule has 0 bridgehead atoms. The zero-order valence-electron chi connectivity index (χ0n) is 6.57. The van der Waals surface area contributed by atoms with E-state index >= 15 is 0 Å². The van der Waals surface area contributed by atoms with E-state index in [2.05, 4.69) is 4.98 Å². The molecule has 1 aromatic carbocycles. The number of thiazole rings is 1. The number of benzene rings is 1. The van der Waals surface area contributed by atoms with Gasteiger partial charge >= 0.3 is 0 Å². The summed E-state index contributed by atoms with van der Waals surface area (Å²) >= 11 is 7.44. The fourth-order valence-corrected chi connectivity index (χ4v) is 1.88. The summed E-state index contributed by atoms with van der Waals surface area (Å²) in [5.41, 5.74) is 3.44. The smallest absolute Gasteiger partial charge is 0.117 e. The molecule has 0 spiro atoms. The average molecular weight is 212 g/mol. The van der Waals surface area contributed by atoms with Crippen molar-refractivity contribution >= 4 is 22.9 Å². The number of nitrogens with zero attached hydrogens (tertiary/aromatic N) is 1. The van der Waals surface area contributed by atoms with Crippen LogP contribution in [0.2, 0.25) is 5.02 Å². The SMILES string of the molecule is Oc1ccc(-c2cscn2)c(Cl)c1. The fraction of sp³-hybridized carbons (Fsp3) is 0. The zero-order chi connectivity index (χ0) is 9.26. The van der Waals surface area contributed by atoms with Crippen LogP contribution in [0.25, 0.3) is 11.3 Å². The monoisotopic (exact) mass is 211 g/mol. The molecule has 1 heterocycles. The quantitative estimate of drug-likeness (QED) is 0.786. The van der Waals surface area contributed by atoms with Crippen molar-refractivity contribution in [2.45, 2.75) is 0 Å². The van der Waals surface area contributed by atoms with Crippen LogP contribution in [-0.4, -0.2) is 10.1 Å². The van der Waals surface area contributed by atoms with E-state index in [1.807, 2.05) is 5.38 Å². The predicted molar refractivity (Wildman–Crippen MR) is 54.2 cm³/mol. The second kappa shape index (κ2) is 3.36. The summed E-state index contributed by atoms with van der Waals surface area (Å²) in [6.07, 6.45) is 0. The third-order valence-corrected chi connectivity index (χ3v) is 2.56. The second-order valence-corrected chi connectivity index (χ2v) is 3.66. The molecular formula is C9H6ClNOS. The Morgan fingerprint density at radius 3 is 2.85 bits per heavy atom. The average Bonchev–Trinajstić information content (AvgIpc) is 2.56. The van der Waals surface area contributed by atoms with Gasteiger partial charge in [0.15, 0.2) is 0 Å². The standard InChI is InChI=1S/C9H6ClNOS/c10-8-3-6(12)1-2-7(8)9-4-13-5-11-9/h1-5,12H. The molecule has 0 radical (unpaired) electrons. The van der Waals surface area contributed by atoms with Crippen molar-refractivity contribution in [1.29, 1.82) is 0 Å². The molecule has 0 aliphatic heterocycles. The predicted octanol–water partition coefficient (Wildman–Crippen LogP) is 3.17. The highest BCUT2D eigenvalue weighted by Crippen LogP contribution is 2.30. The van der Waals surface area contributed by atoms with E-state index in [1.54, 1.807) is 17.6 Å². The topological polar surface area (TPSA) is 33.1 Å². The molecule has 4 heteroatoms. The van der Waals surface area contributed by atoms with Crippen LogP contribution in [0.4, 0.5) is 0 Å². The minimum absolute atomic E-state index is 0.170. The molecule has 2 aromatic rings. The van der Waals surface area contributed by atoms with Gasteiger partial charge in [0.1, 0.15) is 5.75 Å². The van der Waals surface area contributed by atoms with E-state index < -0.39 is 0 Å². The summed E-state index contributed by atoms with van der Waals surface area (Å²) in [6, 6.07) is 4.86. The minimum Gasteiger partial charge on any atom is -0.508 e. The Labute approximate surface area is 84.4 Å². The van der Waals surface area contributed by atoms with E-state index in [9.17, 15) is 0 Å². The highest BCUT2D eigenvalue weighted by molar-refractivity contribution is 7.07. The number of halogens is 1. The van der Waals surface area contributed by atoms with E-state index in [1.165, 1.54) is 17.4 Å². The Bertz CT molecular complexity index is 414. The molecule has 0 unspecified atom stereocenters. The van der Waals surface area contributed by atoms with Crippen LogP contribution in [0.3, 0.4) is 0 Å². The van der Waals surface area contributed by atoms with Crippen LogP contribution in [0.5, 0.6) is 5.75 Å². The van der Waals surface area contributed by atoms with Crippen molar-refractivity contribution < 1.29 is 5.11 Å². The number of aromatic hydroxyl groups is 1. The number of rotatable bonds is 1. The van der Waals surface area contributed by atoms with Crippen LogP contribution in [0, 0.1) is 0 Å². The molecule has 0 atom stereocenters. The lowest BCUT2D eigenvalue weighted by Gasteiger charge is -2.00. The maximum atomic E-state index is 9.13. The van der Waals surface area contributed by atoms with Crippen molar-refractivity contribution in [2.75, 3.05) is 0 Å². The van der Waals surface area contributed by atoms with Crippen LogP contribution >= 0.6 is 22.9 Å². The number of hydrogen-bond donors (Lipinski definition) is 1. The number of aromatic nitrogens is 1. The summed E-state index contributed by atoms with van der Waals surface area (Å²) in [5.74, 6) is 0.170. The van der Waals surface area contributed by atoms with Crippen molar-refractivity contribution in [1.82, 2.24) is 4.98 Å². The summed E-state index contributed by atoms with van der Waals surface area (Å²) < 4.78 is 0. The molecular weight excluding hydrogens is 206 g/mol. The first-order chi connectivity index (χ1) is 6.27. The molecule has 66 valence electrons. The van der Waals surface area contributed by atoms with Crippen molar-refractivity contribution in [2.24, 2.45) is 0 Å². The van der Waals surface area contributed by atoms with Gasteiger partial charge in [0.25, 0.3) is 0 Å². The molecule has 1 aromatic heterocycles. The van der Waals surface area contributed by atoms with E-state index in [-0.39, 0.29) is 5.75 Å². The van der Waals surface area contributed by atoms with E-state index in [4.69, 9.17) is 16.7 Å². The molecule has 2 rings (SSSR count). The number of hydrogen-bond acceptors (Lipinski definition) is 3. The Balaban J connectivity index is 2.53. The molecule has 0 aliphatic carbocycles. The molecule has 0 amide bonds. The van der Waals surface area contributed by atoms with Gasteiger partial charge in [-0.25, -0.2) is 4.98 Å². The molecule has 2 nitrogen and oxygen atoms in total. The minimum atomic E-state index is 0.170. The molecule has 0 fully saturated rings. The normalized spacial score (nSPS) is 10.2. The second-order valence-electron chi connectivity index (χ2n) is 2.54. The third-order valence-electron chi connectivity index (χ3n) is 1.66. The Hall–Kier alpha value is -1.06. The number of phenols is 1. The van der Waals surface area contributed by atoms with E-state index in [0.717, 1.165) is 11.3 Å². The molecule has 1 N–H and O–H groups in total. The van der Waals surface area contributed by atoms with Crippen LogP contribution in [-0.2, 0) is 0 Å². The van der Waals surface area contributed by atoms with Crippen molar-refractivity contribution in [3.8, 4) is 17.0 Å². The van der Waals surface area contributed by atoms with Gasteiger partial charge in [0, 0.05) is 10.9 Å². The largest absolute Gasteiger partial charge is 0.508 e. The van der Waals surface area contributed by atoms with Gasteiger partial charge in [0.05, 0.1) is 16.2 Å². The Kier molecular flexibility index (Phi) is 2.20. The maximum absolute atomic E-state index is 9.13. The first-order valence-electron chi connectivity index (χ1n) is 3.64. The highest BCUT2D eigenvalue weighted by atomic mass is 35.5. The first kappa shape index (κ1) is 8.53. The van der Waals surface area contributed by atoms with Crippen molar-refractivity contribution in [3.05, 3.63) is 34.1 Å². The fourth-order valence-electron chi connectivity index (χ4n) is 1.06. The maximum Gasteiger partial charge on any atom is 0.117 e. The summed E-state index contributed by atoms with van der Waals surface area (Å²) in [4.78, 5) is 4.13. The molecule has 13 heavy (non-hydrogen) atoms. The van der Waals surface area contributed by atoms with Gasteiger partial charge in [-0.2, -0.15) is 0 Å². The lowest BCUT2D eigenvalue weighted by Crippen LogP contribution is -1.78. The van der Waals surface area contributed by atoms with Gasteiger partial charge in [0.2, 0.25) is 0 Å². The highest BCUT2D eigenvalue weighted by Gasteiger charge is 2.05. The summed E-state index contributed by atoms with van der Waals surface area (Å²) in [7, 11) is 0. The number of phenolic OH excluding ortho intramolecular Hbond substituents is 1. The summed E-state index contributed by atoms with van der Waals surface area (Å²) in [6.45, 7) is 0. The van der Waals surface area contributed by atoms with Crippen LogP contribution in [0.15, 0.2) is 29.1 Å². The zero-order valence-corrected chi connectivity index (χ0v) is 8.14. The van der Waals surface area contributed by atoms with Gasteiger partial charge in [-0.05, 0) is 18.2 Å². The van der Waals surface area contributed by atoms with Crippen molar-refractivity contribution in [3.63, 3.8) is 0 Å². The Morgan fingerprint density at radius 2 is 2.23 bits per heavy atom. The molecule has 0 saturated heterocycles. The lowest BCUT2D eigenvalue weighted by molar-refractivity contribution is 0.475. The van der Waals surface area contributed by atoms with Gasteiger partial charge < -0.3 is 5.11 Å². The van der Waals surface area contributed by atoms with E-state index in [0.29, 0.717) is 5.02 Å². The van der Waals surface area contributed by atoms with Crippen LogP contribution in [0.1, 0.15) is 0 Å². The Morgan fingerprint density at radius 1 is 1.38 bits per heavy atom. The molecule has 0 saturated carbocycles. The van der Waals surface area contributed by atoms with Gasteiger partial charge in [-0.1, -0.05) is 11.6 Å². The lowest BCUT2D eigenvalue weighted by atomic mass is 10.2. The molecule has 0 aliphatic rings. The first-order valence-corrected chi connectivity index (χ1v) is 4.96.